The van der Waals surface area contributed by atoms with Crippen LogP contribution in [0, 0.1) is 0 Å². The maximum atomic E-state index is 12.4. The molecule has 0 aliphatic heterocycles. The molecule has 0 aliphatic carbocycles. The number of carboxylic acid groups (broad SMARTS) is 1. The summed E-state index contributed by atoms with van der Waals surface area (Å²) in [5.74, 6) is -0.722. The Labute approximate surface area is 131 Å². The molecule has 5 heteroatoms. The quantitative estimate of drug-likeness (QED) is 0.912. The molecular formula is C17H25NO4. The molecule has 1 atom stereocenters. The van der Waals surface area contributed by atoms with Gasteiger partial charge in [-0.15, -0.1) is 0 Å². The predicted octanol–water partition coefficient (Wildman–Crippen LogP) is 4.02. The monoisotopic (exact) mass is 307 g/mol. The van der Waals surface area contributed by atoms with Gasteiger partial charge in [-0.1, -0.05) is 26.0 Å². The zero-order valence-electron chi connectivity index (χ0n) is 14.1. The summed E-state index contributed by atoms with van der Waals surface area (Å²) in [4.78, 5) is 24.8. The molecule has 22 heavy (non-hydrogen) atoms. The van der Waals surface area contributed by atoms with E-state index in [1.807, 2.05) is 12.1 Å². The van der Waals surface area contributed by atoms with E-state index in [1.165, 1.54) is 6.92 Å². The molecule has 5 nitrogen and oxygen atoms in total. The highest BCUT2D eigenvalue weighted by molar-refractivity contribution is 5.95. The SMILES string of the molecule is CC(C)c1ccc(N(C(=O)OC(C)(C)C)C(C)C(=O)O)cc1. The van der Waals surface area contributed by atoms with Crippen LogP contribution in [0.15, 0.2) is 24.3 Å². The number of anilines is 1. The topological polar surface area (TPSA) is 66.8 Å². The molecule has 1 rings (SSSR count). The second-order valence-electron chi connectivity index (χ2n) is 6.61. The van der Waals surface area contributed by atoms with E-state index < -0.39 is 23.7 Å². The Kier molecular flexibility index (Phi) is 5.58. The van der Waals surface area contributed by atoms with Gasteiger partial charge in [-0.05, 0) is 51.3 Å². The van der Waals surface area contributed by atoms with Crippen molar-refractivity contribution in [3.63, 3.8) is 0 Å². The average Bonchev–Trinajstić information content (AvgIpc) is 2.37. The van der Waals surface area contributed by atoms with Crippen LogP contribution in [-0.4, -0.2) is 28.8 Å². The smallest absolute Gasteiger partial charge is 0.415 e. The number of nitrogens with zero attached hydrogens (tertiary/aromatic N) is 1. The molecule has 1 unspecified atom stereocenters. The summed E-state index contributed by atoms with van der Waals surface area (Å²) < 4.78 is 5.33. The predicted molar refractivity (Wildman–Crippen MR) is 86.3 cm³/mol. The fourth-order valence-corrected chi connectivity index (χ4v) is 1.93. The number of carbonyl (C=O) groups is 2. The van der Waals surface area contributed by atoms with Crippen LogP contribution >= 0.6 is 0 Å². The minimum absolute atomic E-state index is 0.362. The van der Waals surface area contributed by atoms with Crippen molar-refractivity contribution in [1.82, 2.24) is 0 Å². The normalized spacial score (nSPS) is 12.9. The van der Waals surface area contributed by atoms with E-state index in [1.54, 1.807) is 32.9 Å². The van der Waals surface area contributed by atoms with Crippen LogP contribution in [0.4, 0.5) is 10.5 Å². The molecule has 0 spiro atoms. The van der Waals surface area contributed by atoms with Gasteiger partial charge < -0.3 is 9.84 Å². The Morgan fingerprint density at radius 2 is 1.59 bits per heavy atom. The second-order valence-corrected chi connectivity index (χ2v) is 6.61. The van der Waals surface area contributed by atoms with Crippen LogP contribution in [0.25, 0.3) is 0 Å². The molecule has 0 aliphatic rings. The highest BCUT2D eigenvalue weighted by atomic mass is 16.6. The van der Waals surface area contributed by atoms with Crippen molar-refractivity contribution in [2.24, 2.45) is 0 Å². The Bertz CT molecular complexity index is 529. The van der Waals surface area contributed by atoms with Gasteiger partial charge in [0.25, 0.3) is 0 Å². The molecule has 1 amide bonds. The molecule has 0 aromatic heterocycles. The summed E-state index contributed by atoms with van der Waals surface area (Å²) in [6.45, 7) is 10.8. The zero-order chi connectivity index (χ0) is 17.1. The van der Waals surface area contributed by atoms with Crippen molar-refractivity contribution in [2.45, 2.75) is 59.1 Å². The van der Waals surface area contributed by atoms with Gasteiger partial charge in [0.05, 0.1) is 0 Å². The number of hydrogen-bond donors (Lipinski definition) is 1. The summed E-state index contributed by atoms with van der Waals surface area (Å²) in [6.07, 6.45) is -0.667. The van der Waals surface area contributed by atoms with Gasteiger partial charge in [-0.2, -0.15) is 0 Å². The van der Waals surface area contributed by atoms with E-state index in [4.69, 9.17) is 4.74 Å². The first kappa shape index (κ1) is 18.0. The first-order valence-corrected chi connectivity index (χ1v) is 7.38. The summed E-state index contributed by atoms with van der Waals surface area (Å²) in [5, 5.41) is 9.25. The van der Waals surface area contributed by atoms with E-state index in [2.05, 4.69) is 13.8 Å². The number of rotatable bonds is 4. The Morgan fingerprint density at radius 3 is 1.95 bits per heavy atom. The van der Waals surface area contributed by atoms with E-state index >= 15 is 0 Å². The van der Waals surface area contributed by atoms with E-state index in [9.17, 15) is 14.7 Å². The minimum Gasteiger partial charge on any atom is -0.480 e. The first-order chi connectivity index (χ1) is 10.0. The van der Waals surface area contributed by atoms with Crippen molar-refractivity contribution in [3.05, 3.63) is 29.8 Å². The Hall–Kier alpha value is -2.04. The summed E-state index contributed by atoms with van der Waals surface area (Å²) in [6, 6.07) is 6.27. The molecule has 0 heterocycles. The fraction of sp³-hybridized carbons (Fsp3) is 0.529. The fourth-order valence-electron chi connectivity index (χ4n) is 1.93. The van der Waals surface area contributed by atoms with Crippen LogP contribution in [0.1, 0.15) is 53.0 Å². The van der Waals surface area contributed by atoms with Crippen molar-refractivity contribution in [3.8, 4) is 0 Å². The molecule has 0 saturated carbocycles. The van der Waals surface area contributed by atoms with Crippen LogP contribution in [-0.2, 0) is 9.53 Å². The van der Waals surface area contributed by atoms with Crippen LogP contribution in [0.5, 0.6) is 0 Å². The van der Waals surface area contributed by atoms with Gasteiger partial charge in [0.1, 0.15) is 11.6 Å². The molecule has 1 aromatic rings. The van der Waals surface area contributed by atoms with Gasteiger partial charge >= 0.3 is 12.1 Å². The van der Waals surface area contributed by atoms with Crippen molar-refractivity contribution in [2.75, 3.05) is 4.90 Å². The van der Waals surface area contributed by atoms with E-state index in [0.717, 1.165) is 10.5 Å². The maximum absolute atomic E-state index is 12.4. The lowest BCUT2D eigenvalue weighted by Gasteiger charge is -2.30. The number of ether oxygens (including phenoxy) is 1. The molecule has 0 radical (unpaired) electrons. The van der Waals surface area contributed by atoms with Gasteiger partial charge in [-0.3, -0.25) is 4.90 Å². The highest BCUT2D eigenvalue weighted by Gasteiger charge is 2.31. The third-order valence-electron chi connectivity index (χ3n) is 3.17. The maximum Gasteiger partial charge on any atom is 0.415 e. The van der Waals surface area contributed by atoms with Crippen LogP contribution < -0.4 is 4.90 Å². The standard InChI is InChI=1S/C17H25NO4/c1-11(2)13-7-9-14(10-8-13)18(12(3)15(19)20)16(21)22-17(4,5)6/h7-12H,1-6H3,(H,19,20). The molecule has 0 fully saturated rings. The second kappa shape index (κ2) is 6.81. The molecular weight excluding hydrogens is 282 g/mol. The average molecular weight is 307 g/mol. The molecule has 1 N–H and O–H groups in total. The van der Waals surface area contributed by atoms with Gasteiger partial charge in [0.15, 0.2) is 0 Å². The van der Waals surface area contributed by atoms with Gasteiger partial charge in [0, 0.05) is 5.69 Å². The number of hydrogen-bond acceptors (Lipinski definition) is 3. The van der Waals surface area contributed by atoms with Gasteiger partial charge in [-0.25, -0.2) is 9.59 Å². The lowest BCUT2D eigenvalue weighted by Crippen LogP contribution is -2.46. The number of amides is 1. The van der Waals surface area contributed by atoms with Crippen LogP contribution in [0.2, 0.25) is 0 Å². The van der Waals surface area contributed by atoms with Gasteiger partial charge in [0.2, 0.25) is 0 Å². The first-order valence-electron chi connectivity index (χ1n) is 7.38. The summed E-state index contributed by atoms with van der Waals surface area (Å²) in [7, 11) is 0. The third-order valence-corrected chi connectivity index (χ3v) is 3.17. The largest absolute Gasteiger partial charge is 0.480 e. The number of benzene rings is 1. The minimum atomic E-state index is -1.08. The molecule has 0 saturated heterocycles. The lowest BCUT2D eigenvalue weighted by atomic mass is 10.0. The number of aliphatic carboxylic acids is 1. The van der Waals surface area contributed by atoms with Crippen molar-refractivity contribution >= 4 is 17.7 Å². The number of carboxylic acids is 1. The summed E-state index contributed by atoms with van der Waals surface area (Å²) >= 11 is 0. The lowest BCUT2D eigenvalue weighted by molar-refractivity contribution is -0.138. The van der Waals surface area contributed by atoms with Crippen molar-refractivity contribution in [1.29, 1.82) is 0 Å². The zero-order valence-corrected chi connectivity index (χ0v) is 14.1. The van der Waals surface area contributed by atoms with Crippen molar-refractivity contribution < 1.29 is 19.4 Å². The Morgan fingerprint density at radius 1 is 1.09 bits per heavy atom. The highest BCUT2D eigenvalue weighted by Crippen LogP contribution is 2.24. The Balaban J connectivity index is 3.15. The molecule has 122 valence electrons. The third kappa shape index (κ3) is 4.76. The van der Waals surface area contributed by atoms with Crippen LogP contribution in [0.3, 0.4) is 0 Å². The van der Waals surface area contributed by atoms with E-state index in [-0.39, 0.29) is 0 Å². The van der Waals surface area contributed by atoms with E-state index in [0.29, 0.717) is 11.6 Å². The number of carbonyl (C=O) groups excluding carboxylic acids is 1. The molecule has 0 bridgehead atoms. The summed E-state index contributed by atoms with van der Waals surface area (Å²) in [5.41, 5.74) is 0.940. The molecule has 1 aromatic carbocycles.